The summed E-state index contributed by atoms with van der Waals surface area (Å²) in [6.45, 7) is 0. The summed E-state index contributed by atoms with van der Waals surface area (Å²) in [4.78, 5) is 36.3. The van der Waals surface area contributed by atoms with E-state index in [0.717, 1.165) is 4.88 Å². The van der Waals surface area contributed by atoms with E-state index >= 15 is 0 Å². The zero-order chi connectivity index (χ0) is 16.0. The van der Waals surface area contributed by atoms with Crippen LogP contribution in [0.4, 0.5) is 0 Å². The minimum absolute atomic E-state index is 0.0385. The molecule has 0 fully saturated rings. The molecular weight excluding hydrogens is 306 g/mol. The molecule has 0 spiro atoms. The molecule has 0 saturated heterocycles. The molecule has 0 amide bonds. The molecule has 3 rings (SSSR count). The molecule has 6 nitrogen and oxygen atoms in total. The smallest absolute Gasteiger partial charge is 0.337 e. The van der Waals surface area contributed by atoms with E-state index in [1.165, 1.54) is 15.9 Å². The monoisotopic (exact) mass is 319 g/mol. The number of carboxylic acid groups (broad SMARTS) is 2. The first-order valence-electron chi connectivity index (χ1n) is 6.68. The average molecular weight is 319 g/mol. The Hall–Kier alpha value is -2.41. The van der Waals surface area contributed by atoms with Gasteiger partial charge < -0.3 is 14.8 Å². The molecule has 2 aromatic heterocycles. The van der Waals surface area contributed by atoms with Crippen molar-refractivity contribution in [3.63, 3.8) is 0 Å². The number of nitrogens with zero attached hydrogens (tertiary/aromatic N) is 1. The molecule has 2 heterocycles. The van der Waals surface area contributed by atoms with E-state index in [0.29, 0.717) is 29.7 Å². The van der Waals surface area contributed by atoms with E-state index in [9.17, 15) is 19.5 Å². The first-order valence-corrected chi connectivity index (χ1v) is 7.56. The Morgan fingerprint density at radius 3 is 2.68 bits per heavy atom. The van der Waals surface area contributed by atoms with Crippen LogP contribution in [0.25, 0.3) is 0 Å². The zero-order valence-electron chi connectivity index (χ0n) is 11.8. The maximum atomic E-state index is 12.7. The number of aliphatic carboxylic acids is 1. The standard InChI is InChI=1S/C15H13NO5S/c1-16-9(6-11(17)18)12(15(20)21)8-2-3-10-7(4-5-22-10)14(19)13(8)16/h4-5H,2-3,6H2,1H3,(H,17,18)(H,20,21). The fraction of sp³-hybridized carbons (Fsp3) is 0.267. The lowest BCUT2D eigenvalue weighted by atomic mass is 10.0. The highest BCUT2D eigenvalue weighted by molar-refractivity contribution is 7.10. The number of aromatic carboxylic acids is 1. The molecule has 2 N–H and O–H groups in total. The van der Waals surface area contributed by atoms with Gasteiger partial charge in [0.05, 0.1) is 17.7 Å². The number of fused-ring (bicyclic) bond motifs is 2. The fourth-order valence-electron chi connectivity index (χ4n) is 3.04. The number of thiophene rings is 1. The maximum absolute atomic E-state index is 12.7. The van der Waals surface area contributed by atoms with Gasteiger partial charge in [-0.05, 0) is 29.9 Å². The van der Waals surface area contributed by atoms with Gasteiger partial charge in [-0.25, -0.2) is 4.79 Å². The average Bonchev–Trinajstić information content (AvgIpc) is 2.96. The quantitative estimate of drug-likeness (QED) is 0.898. The number of hydrogen-bond acceptors (Lipinski definition) is 4. The van der Waals surface area contributed by atoms with Crippen molar-refractivity contribution >= 4 is 29.1 Å². The van der Waals surface area contributed by atoms with Crippen LogP contribution in [0.15, 0.2) is 11.4 Å². The van der Waals surface area contributed by atoms with Crippen LogP contribution in [0.3, 0.4) is 0 Å². The van der Waals surface area contributed by atoms with Crippen molar-refractivity contribution in [1.82, 2.24) is 4.57 Å². The van der Waals surface area contributed by atoms with Crippen molar-refractivity contribution in [1.29, 1.82) is 0 Å². The molecule has 1 aliphatic rings. The Morgan fingerprint density at radius 1 is 1.32 bits per heavy atom. The molecule has 2 aromatic rings. The van der Waals surface area contributed by atoms with E-state index < -0.39 is 18.4 Å². The van der Waals surface area contributed by atoms with Gasteiger partial charge in [-0.15, -0.1) is 11.3 Å². The summed E-state index contributed by atoms with van der Waals surface area (Å²) in [5.41, 5.74) is 1.45. The molecule has 0 unspecified atom stereocenters. The van der Waals surface area contributed by atoms with Gasteiger partial charge in [0.15, 0.2) is 0 Å². The van der Waals surface area contributed by atoms with Gasteiger partial charge in [-0.2, -0.15) is 0 Å². The number of carbonyl (C=O) groups excluding carboxylic acids is 1. The number of aromatic nitrogens is 1. The van der Waals surface area contributed by atoms with Crippen LogP contribution < -0.4 is 0 Å². The van der Waals surface area contributed by atoms with E-state index in [1.54, 1.807) is 13.1 Å². The second-order valence-corrected chi connectivity index (χ2v) is 6.17. The molecule has 0 radical (unpaired) electrons. The SMILES string of the molecule is Cn1c(CC(=O)O)c(C(=O)O)c2c1C(=O)c1ccsc1CC2. The van der Waals surface area contributed by atoms with Crippen molar-refractivity contribution in [2.75, 3.05) is 0 Å². The highest BCUT2D eigenvalue weighted by atomic mass is 32.1. The van der Waals surface area contributed by atoms with Crippen LogP contribution in [-0.4, -0.2) is 32.5 Å². The summed E-state index contributed by atoms with van der Waals surface area (Å²) in [6, 6.07) is 1.74. The van der Waals surface area contributed by atoms with Crippen LogP contribution in [-0.2, 0) is 31.1 Å². The van der Waals surface area contributed by atoms with Crippen LogP contribution >= 0.6 is 11.3 Å². The lowest BCUT2D eigenvalue weighted by Gasteiger charge is -2.06. The van der Waals surface area contributed by atoms with Crippen LogP contribution in [0.2, 0.25) is 0 Å². The van der Waals surface area contributed by atoms with Crippen molar-refractivity contribution < 1.29 is 24.6 Å². The first-order chi connectivity index (χ1) is 10.4. The molecule has 1 aliphatic carbocycles. The Kier molecular flexibility index (Phi) is 3.37. The summed E-state index contributed by atoms with van der Waals surface area (Å²) in [5.74, 6) is -2.54. The third-order valence-corrected chi connectivity index (χ3v) is 4.94. The molecule has 0 atom stereocenters. The van der Waals surface area contributed by atoms with Crippen molar-refractivity contribution in [3.8, 4) is 0 Å². The summed E-state index contributed by atoms with van der Waals surface area (Å²) in [6.07, 6.45) is 0.584. The Morgan fingerprint density at radius 2 is 2.05 bits per heavy atom. The molecule has 22 heavy (non-hydrogen) atoms. The lowest BCUT2D eigenvalue weighted by molar-refractivity contribution is -0.136. The zero-order valence-corrected chi connectivity index (χ0v) is 12.6. The third kappa shape index (κ3) is 2.05. The van der Waals surface area contributed by atoms with Gasteiger partial charge in [0.25, 0.3) is 0 Å². The number of rotatable bonds is 3. The second-order valence-electron chi connectivity index (χ2n) is 5.17. The predicted octanol–water partition coefficient (Wildman–Crippen LogP) is 1.74. The molecular formula is C15H13NO5S. The number of ketones is 1. The molecule has 0 aliphatic heterocycles. The molecule has 114 valence electrons. The Balaban J connectivity index is 2.27. The van der Waals surface area contributed by atoms with E-state index in [4.69, 9.17) is 5.11 Å². The highest BCUT2D eigenvalue weighted by Crippen LogP contribution is 2.32. The predicted molar refractivity (Wildman–Crippen MR) is 78.9 cm³/mol. The van der Waals surface area contributed by atoms with E-state index in [2.05, 4.69) is 0 Å². The van der Waals surface area contributed by atoms with Crippen molar-refractivity contribution in [2.45, 2.75) is 19.3 Å². The number of carbonyl (C=O) groups is 3. The Bertz CT molecular complexity index is 814. The molecule has 7 heteroatoms. The molecule has 0 aromatic carbocycles. The van der Waals surface area contributed by atoms with Gasteiger partial charge in [-0.1, -0.05) is 0 Å². The number of carboxylic acids is 2. The van der Waals surface area contributed by atoms with Gasteiger partial charge in [-0.3, -0.25) is 9.59 Å². The minimum Gasteiger partial charge on any atom is -0.481 e. The molecule has 0 bridgehead atoms. The highest BCUT2D eigenvalue weighted by Gasteiger charge is 2.33. The normalized spacial score (nSPS) is 13.4. The third-order valence-electron chi connectivity index (χ3n) is 3.96. The maximum Gasteiger partial charge on any atom is 0.337 e. The second kappa shape index (κ2) is 5.10. The Labute approximate surface area is 129 Å². The summed E-state index contributed by atoms with van der Waals surface area (Å²) >= 11 is 1.48. The van der Waals surface area contributed by atoms with E-state index in [1.807, 2.05) is 5.38 Å². The topological polar surface area (TPSA) is 96.6 Å². The summed E-state index contributed by atoms with van der Waals surface area (Å²) < 4.78 is 1.43. The fourth-order valence-corrected chi connectivity index (χ4v) is 3.91. The van der Waals surface area contributed by atoms with Crippen LogP contribution in [0, 0.1) is 0 Å². The number of hydrogen-bond donors (Lipinski definition) is 2. The van der Waals surface area contributed by atoms with Gasteiger partial charge >= 0.3 is 11.9 Å². The number of aryl methyl sites for hydroxylation is 1. The van der Waals surface area contributed by atoms with Crippen LogP contribution in [0.5, 0.6) is 0 Å². The summed E-state index contributed by atoms with van der Waals surface area (Å²) in [7, 11) is 1.55. The lowest BCUT2D eigenvalue weighted by Crippen LogP contribution is -2.13. The summed E-state index contributed by atoms with van der Waals surface area (Å²) in [5, 5.41) is 20.3. The van der Waals surface area contributed by atoms with Crippen molar-refractivity contribution in [2.24, 2.45) is 7.05 Å². The molecule has 0 saturated carbocycles. The first kappa shape index (κ1) is 14.5. The minimum atomic E-state index is -1.19. The van der Waals surface area contributed by atoms with Crippen molar-refractivity contribution in [3.05, 3.63) is 44.4 Å². The van der Waals surface area contributed by atoms with Gasteiger partial charge in [0.1, 0.15) is 0 Å². The van der Waals surface area contributed by atoms with E-state index in [-0.39, 0.29) is 17.0 Å². The van der Waals surface area contributed by atoms with Crippen LogP contribution in [0.1, 0.15) is 42.5 Å². The largest absolute Gasteiger partial charge is 0.481 e. The van der Waals surface area contributed by atoms with Gasteiger partial charge in [0.2, 0.25) is 5.78 Å². The van der Waals surface area contributed by atoms with Gasteiger partial charge in [0, 0.05) is 23.2 Å².